The molecule has 0 saturated heterocycles. The first-order chi connectivity index (χ1) is 23.9. The van der Waals surface area contributed by atoms with E-state index in [0.717, 1.165) is 36.7 Å². The Kier molecular flexibility index (Phi) is 10.6. The van der Waals surface area contributed by atoms with Crippen LogP contribution in [0.15, 0.2) is 99.5 Å². The average Bonchev–Trinajstić information content (AvgIpc) is 3.09. The number of carbonyl (C=O) groups excluding carboxylic acids is 2. The molecular weight excluding hydrogens is 673 g/mol. The first-order valence-corrected chi connectivity index (χ1v) is 18.2. The van der Waals surface area contributed by atoms with Crippen molar-refractivity contribution in [1.29, 1.82) is 0 Å². The van der Waals surface area contributed by atoms with Gasteiger partial charge in [-0.1, -0.05) is 48.2 Å². The molecule has 5 aromatic rings. The normalized spacial score (nSPS) is 14.2. The molecule has 10 heteroatoms. The highest BCUT2D eigenvalue weighted by Gasteiger charge is 2.30. The molecule has 8 nitrogen and oxygen atoms in total. The molecule has 1 aliphatic heterocycles. The molecule has 0 spiro atoms. The Balaban J connectivity index is 0.909. The largest absolute Gasteiger partial charge is 0.486 e. The summed E-state index contributed by atoms with van der Waals surface area (Å²) in [5, 5.41) is 12.1. The molecule has 0 amide bonds. The number of carbonyl (C=O) groups is 2. The van der Waals surface area contributed by atoms with Crippen molar-refractivity contribution < 1.29 is 33.6 Å². The van der Waals surface area contributed by atoms with Crippen molar-refractivity contribution in [2.75, 3.05) is 19.8 Å². The fourth-order valence-electron chi connectivity index (χ4n) is 5.79. The number of rotatable bonds is 14. The zero-order valence-corrected chi connectivity index (χ0v) is 30.2. The van der Waals surface area contributed by atoms with Gasteiger partial charge in [0.15, 0.2) is 12.0 Å². The molecule has 1 unspecified atom stereocenters. The fourth-order valence-corrected chi connectivity index (χ4v) is 8.04. The van der Waals surface area contributed by atoms with Crippen LogP contribution < -0.4 is 14.9 Å². The second-order valence-corrected chi connectivity index (χ2v) is 15.5. The molecule has 6 rings (SSSR count). The van der Waals surface area contributed by atoms with Gasteiger partial charge in [-0.15, -0.1) is 11.3 Å². The molecule has 0 fully saturated rings. The summed E-state index contributed by atoms with van der Waals surface area (Å²) in [5.74, 6) is 0.379. The molecule has 0 bridgehead atoms. The maximum absolute atomic E-state index is 13.0. The lowest BCUT2D eigenvalue weighted by molar-refractivity contribution is -0.159. The van der Waals surface area contributed by atoms with E-state index in [1.165, 1.54) is 11.3 Å². The third-order valence-corrected chi connectivity index (χ3v) is 11.0. The van der Waals surface area contributed by atoms with E-state index < -0.39 is 23.3 Å². The van der Waals surface area contributed by atoms with Gasteiger partial charge >= 0.3 is 5.97 Å². The summed E-state index contributed by atoms with van der Waals surface area (Å²) in [6.45, 7) is 7.15. The number of fused-ring (bicyclic) bond motifs is 4. The maximum atomic E-state index is 13.0. The van der Waals surface area contributed by atoms with E-state index in [9.17, 15) is 19.5 Å². The van der Waals surface area contributed by atoms with E-state index in [-0.39, 0.29) is 24.4 Å². The van der Waals surface area contributed by atoms with Crippen molar-refractivity contribution in [3.05, 3.63) is 106 Å². The van der Waals surface area contributed by atoms with Crippen LogP contribution in [0.25, 0.3) is 20.2 Å². The summed E-state index contributed by atoms with van der Waals surface area (Å²) >= 11 is 3.08. The molecule has 1 N–H and O–H groups in total. The SMILES string of the molecule is CC(C)(CCCCOC(C)(C)C(=O)COc1ccc2c(c1)Sc1ccccc1C2O)OC(=O)COc1ccc2c(=O)c3ccccc3sc2c1. The van der Waals surface area contributed by atoms with E-state index in [0.29, 0.717) is 41.7 Å². The van der Waals surface area contributed by atoms with Crippen LogP contribution in [0.1, 0.15) is 64.2 Å². The Morgan fingerprint density at radius 2 is 1.44 bits per heavy atom. The van der Waals surface area contributed by atoms with E-state index in [2.05, 4.69) is 0 Å². The number of Topliss-reactive ketones (excluding diaryl/α,β-unsaturated/α-hetero) is 1. The highest BCUT2D eigenvalue weighted by molar-refractivity contribution is 7.99. The van der Waals surface area contributed by atoms with E-state index >= 15 is 0 Å². The minimum absolute atomic E-state index is 0.0215. The Morgan fingerprint density at radius 3 is 2.28 bits per heavy atom. The van der Waals surface area contributed by atoms with Gasteiger partial charge in [0.2, 0.25) is 5.78 Å². The molecule has 1 atom stereocenters. The Hall–Kier alpha value is -4.22. The summed E-state index contributed by atoms with van der Waals surface area (Å²) < 4.78 is 24.9. The minimum atomic E-state index is -1.04. The van der Waals surface area contributed by atoms with Crippen LogP contribution in [-0.2, 0) is 19.1 Å². The lowest BCUT2D eigenvalue weighted by Crippen LogP contribution is -2.39. The van der Waals surface area contributed by atoms with Gasteiger partial charge in [0.25, 0.3) is 0 Å². The summed E-state index contributed by atoms with van der Waals surface area (Å²) in [5.41, 5.74) is -0.0721. The molecule has 1 aliphatic rings. The molecule has 260 valence electrons. The molecule has 1 aromatic heterocycles. The molecule has 4 aromatic carbocycles. The molecule has 50 heavy (non-hydrogen) atoms. The first-order valence-electron chi connectivity index (χ1n) is 16.6. The van der Waals surface area contributed by atoms with Gasteiger partial charge in [0.1, 0.15) is 35.4 Å². The number of ether oxygens (including phenoxy) is 4. The van der Waals surface area contributed by atoms with Crippen molar-refractivity contribution in [3.8, 4) is 11.5 Å². The van der Waals surface area contributed by atoms with Gasteiger partial charge < -0.3 is 24.1 Å². The topological polar surface area (TPSA) is 108 Å². The minimum Gasteiger partial charge on any atom is -0.486 e. The van der Waals surface area contributed by atoms with Gasteiger partial charge in [0, 0.05) is 36.6 Å². The highest BCUT2D eigenvalue weighted by atomic mass is 32.2. The predicted octanol–water partition coefficient (Wildman–Crippen LogP) is 8.28. The van der Waals surface area contributed by atoms with Crippen molar-refractivity contribution in [1.82, 2.24) is 0 Å². The van der Waals surface area contributed by atoms with Gasteiger partial charge in [-0.05, 0) is 107 Å². The third kappa shape index (κ3) is 8.21. The average molecular weight is 713 g/mol. The quantitative estimate of drug-likeness (QED) is 0.0692. The predicted molar refractivity (Wildman–Crippen MR) is 197 cm³/mol. The van der Waals surface area contributed by atoms with Gasteiger partial charge in [-0.3, -0.25) is 9.59 Å². The molecule has 2 heterocycles. The van der Waals surface area contributed by atoms with E-state index in [1.54, 1.807) is 49.9 Å². The maximum Gasteiger partial charge on any atom is 0.344 e. The van der Waals surface area contributed by atoms with Crippen LogP contribution >= 0.6 is 23.1 Å². The summed E-state index contributed by atoms with van der Waals surface area (Å²) in [6, 6.07) is 25.9. The lowest BCUT2D eigenvalue weighted by Gasteiger charge is -2.26. The second-order valence-electron chi connectivity index (χ2n) is 13.4. The van der Waals surface area contributed by atoms with Crippen LogP contribution in [0, 0.1) is 0 Å². The molecular formula is C40H40O8S2. The Bertz CT molecular complexity index is 2100. The van der Waals surface area contributed by atoms with Gasteiger partial charge in [-0.2, -0.15) is 0 Å². The van der Waals surface area contributed by atoms with Crippen molar-refractivity contribution in [2.45, 2.75) is 74.1 Å². The number of unbranched alkanes of at least 4 members (excludes halogenated alkanes) is 1. The van der Waals surface area contributed by atoms with Gasteiger partial charge in [0.05, 0.1) is 0 Å². The number of aliphatic hydroxyl groups excluding tert-OH is 1. The van der Waals surface area contributed by atoms with Crippen LogP contribution in [0.4, 0.5) is 0 Å². The highest BCUT2D eigenvalue weighted by Crippen LogP contribution is 2.45. The number of hydrogen-bond donors (Lipinski definition) is 1. The fraction of sp³-hybridized carbons (Fsp3) is 0.325. The number of ketones is 1. The molecule has 0 aliphatic carbocycles. The van der Waals surface area contributed by atoms with E-state index in [4.69, 9.17) is 18.9 Å². The van der Waals surface area contributed by atoms with Crippen molar-refractivity contribution in [3.63, 3.8) is 0 Å². The number of esters is 1. The van der Waals surface area contributed by atoms with Crippen molar-refractivity contribution in [2.24, 2.45) is 0 Å². The zero-order valence-electron chi connectivity index (χ0n) is 28.5. The lowest BCUT2D eigenvalue weighted by atomic mass is 10.0. The second kappa shape index (κ2) is 14.9. The molecule has 0 radical (unpaired) electrons. The van der Waals surface area contributed by atoms with Crippen LogP contribution in [0.2, 0.25) is 0 Å². The number of hydrogen-bond acceptors (Lipinski definition) is 10. The van der Waals surface area contributed by atoms with Crippen LogP contribution in [0.5, 0.6) is 11.5 Å². The first kappa shape index (κ1) is 35.6. The zero-order chi connectivity index (χ0) is 35.5. The summed E-state index contributed by atoms with van der Waals surface area (Å²) in [4.78, 5) is 40.4. The summed E-state index contributed by atoms with van der Waals surface area (Å²) in [7, 11) is 0. The third-order valence-electron chi connectivity index (χ3n) is 8.69. The van der Waals surface area contributed by atoms with Crippen LogP contribution in [0.3, 0.4) is 0 Å². The van der Waals surface area contributed by atoms with Crippen molar-refractivity contribution >= 4 is 55.0 Å². The van der Waals surface area contributed by atoms with Crippen LogP contribution in [-0.4, -0.2) is 47.9 Å². The van der Waals surface area contributed by atoms with E-state index in [1.807, 2.05) is 74.5 Å². The number of benzene rings is 4. The van der Waals surface area contributed by atoms with Gasteiger partial charge in [-0.25, -0.2) is 4.79 Å². The Labute approximate surface area is 299 Å². The monoisotopic (exact) mass is 712 g/mol. The number of aliphatic hydroxyl groups is 1. The summed E-state index contributed by atoms with van der Waals surface area (Å²) in [6.07, 6.45) is 1.30. The standard InChI is InChI=1S/C40H40O8S2/c1-39(2,48-36(42)24-46-26-16-18-30-34(22-26)50-32-14-8-6-12-28(32)38(30)44)19-9-10-20-47-40(3,4)35(41)23-45-25-15-17-29-33(21-25)49-31-13-7-5-11-27(31)37(29)43/h5-8,11-18,21-22,37,43H,9-10,19-20,23-24H2,1-4H3. The molecule has 0 saturated carbocycles. The Morgan fingerprint density at radius 1 is 0.760 bits per heavy atom. The smallest absolute Gasteiger partial charge is 0.344 e.